The Balaban J connectivity index is 2.18. The van der Waals surface area contributed by atoms with Crippen LogP contribution in [0.5, 0.6) is 11.5 Å². The summed E-state index contributed by atoms with van der Waals surface area (Å²) in [7, 11) is -3.36. The Bertz CT molecular complexity index is 1180. The molecular weight excluding hydrogens is 395 g/mol. The number of nitrogens with zero attached hydrogens (tertiary/aromatic N) is 3. The van der Waals surface area contributed by atoms with E-state index >= 15 is 0 Å². The zero-order valence-corrected chi connectivity index (χ0v) is 15.1. The molecule has 1 N–H and O–H groups in total. The second-order valence-electron chi connectivity index (χ2n) is 6.18. The lowest BCUT2D eigenvalue weighted by Crippen LogP contribution is -2.22. The quantitative estimate of drug-likeness (QED) is 0.782. The number of alkyl halides is 2. The van der Waals surface area contributed by atoms with Crippen LogP contribution in [0, 0.1) is 28.6 Å². The highest BCUT2D eigenvalue weighted by atomic mass is 32.2. The van der Waals surface area contributed by atoms with E-state index in [1.54, 1.807) is 6.07 Å². The zero-order chi connectivity index (χ0) is 20.7. The molecule has 2 atom stereocenters. The molecule has 0 aromatic heterocycles. The van der Waals surface area contributed by atoms with Gasteiger partial charge in [0.1, 0.15) is 23.4 Å². The Morgan fingerprint density at radius 2 is 2.04 bits per heavy atom. The van der Waals surface area contributed by atoms with Crippen molar-refractivity contribution in [1.82, 2.24) is 0 Å². The average Bonchev–Trinajstić information content (AvgIpc) is 2.85. The van der Waals surface area contributed by atoms with Gasteiger partial charge in [-0.05, 0) is 24.3 Å². The molecule has 2 unspecified atom stereocenters. The standard InChI is InChI=1S/C18H12F3N3O3S/c1-28(26,24-9-23)15-3-2-14(13-7-18(20,21)17(25)16(13)15)27-12-5-10(8-22)4-11(19)6-12/h2-6,17,25H,7H2,1H3. The lowest BCUT2D eigenvalue weighted by molar-refractivity contribution is -0.0976. The van der Waals surface area contributed by atoms with Gasteiger partial charge >= 0.3 is 0 Å². The van der Waals surface area contributed by atoms with Crippen molar-refractivity contribution in [2.45, 2.75) is 23.3 Å². The molecule has 2 aromatic rings. The van der Waals surface area contributed by atoms with Gasteiger partial charge in [0.25, 0.3) is 5.92 Å². The van der Waals surface area contributed by atoms with Crippen molar-refractivity contribution >= 4 is 9.73 Å². The van der Waals surface area contributed by atoms with Crippen molar-refractivity contribution in [1.29, 1.82) is 10.5 Å². The number of hydrogen-bond acceptors (Lipinski definition) is 6. The van der Waals surface area contributed by atoms with Crippen LogP contribution in [-0.4, -0.2) is 21.5 Å². The number of rotatable bonds is 3. The van der Waals surface area contributed by atoms with E-state index in [0.29, 0.717) is 0 Å². The second kappa shape index (κ2) is 6.82. The highest BCUT2D eigenvalue weighted by Crippen LogP contribution is 2.49. The van der Waals surface area contributed by atoms with Gasteiger partial charge in [0.2, 0.25) is 6.19 Å². The summed E-state index contributed by atoms with van der Waals surface area (Å²) < 4.78 is 63.4. The van der Waals surface area contributed by atoms with Crippen LogP contribution in [0.2, 0.25) is 0 Å². The number of nitriles is 2. The van der Waals surface area contributed by atoms with Crippen molar-refractivity contribution in [2.24, 2.45) is 4.36 Å². The normalized spacial score (nSPS) is 19.0. The lowest BCUT2D eigenvalue weighted by Gasteiger charge is -2.17. The predicted octanol–water partition coefficient (Wildman–Crippen LogP) is 3.65. The van der Waals surface area contributed by atoms with E-state index in [0.717, 1.165) is 18.4 Å². The Labute approximate surface area is 158 Å². The van der Waals surface area contributed by atoms with Crippen LogP contribution in [0.3, 0.4) is 0 Å². The summed E-state index contributed by atoms with van der Waals surface area (Å²) >= 11 is 0. The Morgan fingerprint density at radius 3 is 2.68 bits per heavy atom. The Kier molecular flexibility index (Phi) is 4.79. The molecule has 144 valence electrons. The van der Waals surface area contributed by atoms with Crippen LogP contribution in [-0.2, 0) is 16.1 Å². The summed E-state index contributed by atoms with van der Waals surface area (Å²) in [6, 6.07) is 7.33. The SMILES string of the molecule is CS(=O)(=NC#N)c1ccc(Oc2cc(F)cc(C#N)c2)c2c1C(O)C(F)(F)C2. The van der Waals surface area contributed by atoms with Gasteiger partial charge in [-0.2, -0.15) is 10.5 Å². The summed E-state index contributed by atoms with van der Waals surface area (Å²) in [5.74, 6) is -4.53. The second-order valence-corrected chi connectivity index (χ2v) is 8.41. The maximum atomic E-state index is 14.2. The van der Waals surface area contributed by atoms with Crippen molar-refractivity contribution in [3.8, 4) is 23.8 Å². The fraction of sp³-hybridized carbons (Fsp3) is 0.222. The maximum Gasteiger partial charge on any atom is 0.281 e. The van der Waals surface area contributed by atoms with Crippen molar-refractivity contribution < 1.29 is 27.2 Å². The van der Waals surface area contributed by atoms with E-state index in [1.807, 2.05) is 0 Å². The minimum absolute atomic E-state index is 0.0296. The molecule has 0 radical (unpaired) electrons. The average molecular weight is 407 g/mol. The monoisotopic (exact) mass is 407 g/mol. The highest BCUT2D eigenvalue weighted by molar-refractivity contribution is 7.93. The topological polar surface area (TPSA) is 106 Å². The van der Waals surface area contributed by atoms with Crippen molar-refractivity contribution in [3.63, 3.8) is 0 Å². The summed E-state index contributed by atoms with van der Waals surface area (Å²) in [6.07, 6.45) is -0.691. The van der Waals surface area contributed by atoms with Gasteiger partial charge in [0, 0.05) is 29.9 Å². The van der Waals surface area contributed by atoms with Crippen LogP contribution in [0.15, 0.2) is 39.6 Å². The molecule has 3 rings (SSSR count). The molecule has 0 spiro atoms. The predicted molar refractivity (Wildman–Crippen MR) is 91.6 cm³/mol. The third-order valence-corrected chi connectivity index (χ3v) is 5.81. The fourth-order valence-electron chi connectivity index (χ4n) is 3.01. The smallest absolute Gasteiger partial charge is 0.281 e. The molecule has 0 amide bonds. The molecule has 0 aliphatic heterocycles. The van der Waals surface area contributed by atoms with Crippen molar-refractivity contribution in [3.05, 3.63) is 52.8 Å². The Morgan fingerprint density at radius 1 is 1.32 bits per heavy atom. The van der Waals surface area contributed by atoms with Crippen LogP contribution in [0.1, 0.15) is 22.8 Å². The molecule has 0 heterocycles. The number of aliphatic hydroxyl groups is 1. The third kappa shape index (κ3) is 3.40. The van der Waals surface area contributed by atoms with Crippen LogP contribution >= 0.6 is 0 Å². The number of aliphatic hydroxyl groups excluding tert-OH is 1. The molecular formula is C18H12F3N3O3S. The highest BCUT2D eigenvalue weighted by Gasteiger charge is 2.50. The molecule has 0 fully saturated rings. The minimum atomic E-state index is -3.56. The molecule has 0 saturated carbocycles. The first-order valence-electron chi connectivity index (χ1n) is 7.79. The van der Waals surface area contributed by atoms with E-state index in [4.69, 9.17) is 15.3 Å². The summed E-state index contributed by atoms with van der Waals surface area (Å²) in [5, 5.41) is 27.7. The fourth-order valence-corrected chi connectivity index (χ4v) is 4.23. The van der Waals surface area contributed by atoms with Gasteiger partial charge in [-0.25, -0.2) is 17.4 Å². The molecule has 2 aromatic carbocycles. The third-order valence-electron chi connectivity index (χ3n) is 4.21. The zero-order valence-electron chi connectivity index (χ0n) is 14.3. The van der Waals surface area contributed by atoms with E-state index in [9.17, 15) is 22.5 Å². The molecule has 6 nitrogen and oxygen atoms in total. The molecule has 1 aliphatic carbocycles. The van der Waals surface area contributed by atoms with E-state index in [2.05, 4.69) is 4.36 Å². The number of hydrogen-bond donors (Lipinski definition) is 1. The molecule has 28 heavy (non-hydrogen) atoms. The summed E-state index contributed by atoms with van der Waals surface area (Å²) in [6.45, 7) is 0. The number of fused-ring (bicyclic) bond motifs is 1. The Hall–Kier alpha value is -3.08. The summed E-state index contributed by atoms with van der Waals surface area (Å²) in [4.78, 5) is -0.196. The van der Waals surface area contributed by atoms with Crippen LogP contribution in [0.4, 0.5) is 13.2 Å². The maximum absolute atomic E-state index is 14.2. The number of benzene rings is 2. The minimum Gasteiger partial charge on any atom is -0.457 e. The largest absolute Gasteiger partial charge is 0.457 e. The van der Waals surface area contributed by atoms with Crippen LogP contribution < -0.4 is 4.74 Å². The van der Waals surface area contributed by atoms with E-state index < -0.39 is 34.0 Å². The number of ether oxygens (including phenoxy) is 1. The van der Waals surface area contributed by atoms with Gasteiger partial charge in [0.05, 0.1) is 26.3 Å². The van der Waals surface area contributed by atoms with Gasteiger partial charge < -0.3 is 9.84 Å². The first kappa shape index (κ1) is 19.7. The number of halogens is 3. The van der Waals surface area contributed by atoms with Gasteiger partial charge in [0.15, 0.2) is 0 Å². The van der Waals surface area contributed by atoms with Crippen molar-refractivity contribution in [2.75, 3.05) is 6.26 Å². The first-order chi connectivity index (χ1) is 13.1. The molecule has 10 heteroatoms. The first-order valence-corrected chi connectivity index (χ1v) is 9.72. The van der Waals surface area contributed by atoms with Gasteiger partial charge in [-0.1, -0.05) is 0 Å². The molecule has 1 aliphatic rings. The van der Waals surface area contributed by atoms with Gasteiger partial charge in [-0.15, -0.1) is 4.36 Å². The van der Waals surface area contributed by atoms with E-state index in [1.165, 1.54) is 24.4 Å². The summed E-state index contributed by atoms with van der Waals surface area (Å²) in [5.41, 5.74) is -0.482. The molecule has 0 bridgehead atoms. The van der Waals surface area contributed by atoms with Crippen LogP contribution in [0.25, 0.3) is 0 Å². The van der Waals surface area contributed by atoms with E-state index in [-0.39, 0.29) is 33.1 Å². The van der Waals surface area contributed by atoms with Gasteiger partial charge in [-0.3, -0.25) is 0 Å². The molecule has 0 saturated heterocycles. The lowest BCUT2D eigenvalue weighted by atomic mass is 10.1.